The third-order valence-corrected chi connectivity index (χ3v) is 4.52. The van der Waals surface area contributed by atoms with E-state index in [1.54, 1.807) is 0 Å². The number of carbonyl (C=O) groups is 1. The molecule has 14 heavy (non-hydrogen) atoms. The minimum absolute atomic E-state index is 0.0163. The standard InChI is InChI=1S/C7H15BrN2O3S/c1-6(2)9-7(11)4-10(3)14(12,13)5-8/h6H,4-5H2,1-3H3,(H,9,11). The molecular formula is C7H15BrN2O3S. The molecule has 0 heterocycles. The van der Waals surface area contributed by atoms with Gasteiger partial charge in [-0.1, -0.05) is 15.9 Å². The molecule has 7 heteroatoms. The van der Waals surface area contributed by atoms with Crippen molar-refractivity contribution in [3.63, 3.8) is 0 Å². The molecule has 0 atom stereocenters. The molecule has 0 aromatic heterocycles. The first-order valence-corrected chi connectivity index (χ1v) is 6.82. The Hall–Kier alpha value is -0.140. The molecule has 1 N–H and O–H groups in total. The van der Waals surface area contributed by atoms with E-state index < -0.39 is 10.0 Å². The molecule has 5 nitrogen and oxygen atoms in total. The van der Waals surface area contributed by atoms with Crippen molar-refractivity contribution in [3.05, 3.63) is 0 Å². The Balaban J connectivity index is 4.20. The number of nitrogens with one attached hydrogen (secondary N) is 1. The van der Waals surface area contributed by atoms with Gasteiger partial charge in [0.2, 0.25) is 15.9 Å². The van der Waals surface area contributed by atoms with Gasteiger partial charge in [-0.15, -0.1) is 0 Å². The van der Waals surface area contributed by atoms with Crippen LogP contribution < -0.4 is 5.32 Å². The molecule has 0 saturated carbocycles. The van der Waals surface area contributed by atoms with Crippen molar-refractivity contribution in [1.29, 1.82) is 0 Å². The zero-order valence-electron chi connectivity index (χ0n) is 8.45. The lowest BCUT2D eigenvalue weighted by Gasteiger charge is -2.16. The zero-order valence-corrected chi connectivity index (χ0v) is 10.9. The summed E-state index contributed by atoms with van der Waals surface area (Å²) in [6.45, 7) is 3.49. The number of sulfonamides is 1. The maximum Gasteiger partial charge on any atom is 0.235 e. The molecule has 84 valence electrons. The molecule has 0 spiro atoms. The summed E-state index contributed by atoms with van der Waals surface area (Å²) in [6.07, 6.45) is 0. The van der Waals surface area contributed by atoms with Crippen molar-refractivity contribution in [3.8, 4) is 0 Å². The van der Waals surface area contributed by atoms with Gasteiger partial charge in [0, 0.05) is 13.1 Å². The predicted molar refractivity (Wildman–Crippen MR) is 58.6 cm³/mol. The van der Waals surface area contributed by atoms with Gasteiger partial charge in [-0.2, -0.15) is 4.31 Å². The van der Waals surface area contributed by atoms with Crippen molar-refractivity contribution in [2.75, 3.05) is 18.3 Å². The number of halogens is 1. The third kappa shape index (κ3) is 4.92. The lowest BCUT2D eigenvalue weighted by Crippen LogP contribution is -2.41. The molecule has 0 fully saturated rings. The first-order valence-electron chi connectivity index (χ1n) is 4.09. The van der Waals surface area contributed by atoms with E-state index in [4.69, 9.17) is 0 Å². The van der Waals surface area contributed by atoms with Crippen LogP contribution in [-0.2, 0) is 14.8 Å². The van der Waals surface area contributed by atoms with Crippen molar-refractivity contribution in [1.82, 2.24) is 9.62 Å². The number of likely N-dealkylation sites (N-methyl/N-ethyl adjacent to an activating group) is 1. The highest BCUT2D eigenvalue weighted by Crippen LogP contribution is 2.01. The minimum Gasteiger partial charge on any atom is -0.353 e. The summed E-state index contributed by atoms with van der Waals surface area (Å²) in [7, 11) is -1.97. The van der Waals surface area contributed by atoms with E-state index in [9.17, 15) is 13.2 Å². The minimum atomic E-state index is -3.34. The lowest BCUT2D eigenvalue weighted by atomic mass is 10.4. The second kappa shape index (κ2) is 5.67. The van der Waals surface area contributed by atoms with Crippen LogP contribution in [0.3, 0.4) is 0 Å². The number of alkyl halides is 1. The largest absolute Gasteiger partial charge is 0.353 e. The molecule has 0 bridgehead atoms. The van der Waals surface area contributed by atoms with Crippen LogP contribution in [0, 0.1) is 0 Å². The Morgan fingerprint density at radius 3 is 2.36 bits per heavy atom. The van der Waals surface area contributed by atoms with Gasteiger partial charge < -0.3 is 5.32 Å². The molecule has 0 radical (unpaired) electrons. The lowest BCUT2D eigenvalue weighted by molar-refractivity contribution is -0.121. The molecule has 0 aromatic rings. The van der Waals surface area contributed by atoms with E-state index in [0.29, 0.717) is 0 Å². The fourth-order valence-corrected chi connectivity index (χ4v) is 2.28. The highest BCUT2D eigenvalue weighted by atomic mass is 79.9. The monoisotopic (exact) mass is 286 g/mol. The number of amides is 1. The van der Waals surface area contributed by atoms with E-state index in [-0.39, 0.29) is 23.2 Å². The summed E-state index contributed by atoms with van der Waals surface area (Å²) < 4.78 is 23.3. The van der Waals surface area contributed by atoms with Gasteiger partial charge in [0.1, 0.15) is 4.66 Å². The van der Waals surface area contributed by atoms with Crippen LogP contribution in [0.1, 0.15) is 13.8 Å². The Morgan fingerprint density at radius 1 is 1.50 bits per heavy atom. The topological polar surface area (TPSA) is 66.5 Å². The molecule has 0 unspecified atom stereocenters. The number of carbonyl (C=O) groups excluding carboxylic acids is 1. The Bertz CT molecular complexity index is 289. The van der Waals surface area contributed by atoms with Gasteiger partial charge in [-0.05, 0) is 13.8 Å². The number of nitrogens with zero attached hydrogens (tertiary/aromatic N) is 1. The highest BCUT2D eigenvalue weighted by molar-refractivity contribution is 9.10. The van der Waals surface area contributed by atoms with E-state index >= 15 is 0 Å². The highest BCUT2D eigenvalue weighted by Gasteiger charge is 2.18. The molecule has 0 saturated heterocycles. The van der Waals surface area contributed by atoms with Crippen LogP contribution in [0.4, 0.5) is 0 Å². The summed E-state index contributed by atoms with van der Waals surface area (Å²) in [6, 6.07) is 0.0163. The summed E-state index contributed by atoms with van der Waals surface area (Å²) in [5, 5.41) is 2.61. The Kier molecular flexibility index (Phi) is 5.61. The molecule has 0 aliphatic carbocycles. The molecule has 0 aromatic carbocycles. The summed E-state index contributed by atoms with van der Waals surface area (Å²) in [5.41, 5.74) is 0. The van der Waals surface area contributed by atoms with Gasteiger partial charge in [0.15, 0.2) is 0 Å². The zero-order chi connectivity index (χ0) is 11.4. The summed E-state index contributed by atoms with van der Waals surface area (Å²) in [5.74, 6) is -0.299. The second-order valence-corrected chi connectivity index (χ2v) is 6.58. The normalized spacial score (nSPS) is 12.1. The Labute approximate surface area is 93.0 Å². The summed E-state index contributed by atoms with van der Waals surface area (Å²) in [4.78, 5) is 11.2. The van der Waals surface area contributed by atoms with E-state index in [0.717, 1.165) is 4.31 Å². The second-order valence-electron chi connectivity index (χ2n) is 3.20. The SMILES string of the molecule is CC(C)NC(=O)CN(C)S(=O)(=O)CBr. The number of hydrogen-bond acceptors (Lipinski definition) is 3. The van der Waals surface area contributed by atoms with Crippen LogP contribution in [-0.4, -0.2) is 42.9 Å². The Morgan fingerprint density at radius 2 is 2.00 bits per heavy atom. The van der Waals surface area contributed by atoms with Crippen LogP contribution in [0.15, 0.2) is 0 Å². The first kappa shape index (κ1) is 13.9. The third-order valence-electron chi connectivity index (χ3n) is 1.43. The van der Waals surface area contributed by atoms with Gasteiger partial charge in [-0.3, -0.25) is 4.79 Å². The quantitative estimate of drug-likeness (QED) is 0.731. The predicted octanol–water partition coefficient (Wildman–Crippen LogP) is 0.125. The van der Waals surface area contributed by atoms with Gasteiger partial charge in [0.25, 0.3) is 0 Å². The van der Waals surface area contributed by atoms with E-state index in [1.165, 1.54) is 7.05 Å². The molecule has 1 amide bonds. The van der Waals surface area contributed by atoms with E-state index in [1.807, 2.05) is 13.8 Å². The average molecular weight is 287 g/mol. The maximum absolute atomic E-state index is 11.2. The fourth-order valence-electron chi connectivity index (χ4n) is 0.751. The maximum atomic E-state index is 11.2. The van der Waals surface area contributed by atoms with Crippen LogP contribution in [0.25, 0.3) is 0 Å². The molecular weight excluding hydrogens is 272 g/mol. The van der Waals surface area contributed by atoms with E-state index in [2.05, 4.69) is 21.2 Å². The van der Waals surface area contributed by atoms with Crippen molar-refractivity contribution < 1.29 is 13.2 Å². The van der Waals surface area contributed by atoms with Gasteiger partial charge >= 0.3 is 0 Å². The van der Waals surface area contributed by atoms with Crippen molar-refractivity contribution in [2.45, 2.75) is 19.9 Å². The number of rotatable bonds is 5. The first-order chi connectivity index (χ1) is 6.29. The fraction of sp³-hybridized carbons (Fsp3) is 0.857. The molecule has 0 aliphatic heterocycles. The smallest absolute Gasteiger partial charge is 0.235 e. The molecule has 0 rings (SSSR count). The van der Waals surface area contributed by atoms with Crippen molar-refractivity contribution >= 4 is 31.9 Å². The van der Waals surface area contributed by atoms with Crippen LogP contribution >= 0.6 is 15.9 Å². The van der Waals surface area contributed by atoms with Gasteiger partial charge in [-0.25, -0.2) is 8.42 Å². The van der Waals surface area contributed by atoms with Crippen LogP contribution in [0.5, 0.6) is 0 Å². The average Bonchev–Trinajstić information content (AvgIpc) is 2.02. The molecule has 0 aliphatic rings. The summed E-state index contributed by atoms with van der Waals surface area (Å²) >= 11 is 2.85. The van der Waals surface area contributed by atoms with Gasteiger partial charge in [0.05, 0.1) is 6.54 Å². The van der Waals surface area contributed by atoms with Crippen LogP contribution in [0.2, 0.25) is 0 Å². The van der Waals surface area contributed by atoms with Crippen molar-refractivity contribution in [2.24, 2.45) is 0 Å². The number of hydrogen-bond donors (Lipinski definition) is 1.